The maximum absolute atomic E-state index is 5.71. The van der Waals surface area contributed by atoms with Crippen LogP contribution >= 0.6 is 0 Å². The Morgan fingerprint density at radius 3 is 2.50 bits per heavy atom. The summed E-state index contributed by atoms with van der Waals surface area (Å²) >= 11 is 0. The van der Waals surface area contributed by atoms with Crippen LogP contribution in [0.4, 0.5) is 5.69 Å². The monoisotopic (exact) mass is 238 g/mol. The second-order valence-corrected chi connectivity index (χ2v) is 4.17. The van der Waals surface area contributed by atoms with E-state index in [9.17, 15) is 0 Å². The van der Waals surface area contributed by atoms with Crippen molar-refractivity contribution in [2.75, 3.05) is 12.8 Å². The molecule has 0 saturated heterocycles. The molecule has 3 aromatic rings. The minimum Gasteiger partial charge on any atom is -0.496 e. The molecule has 0 saturated carbocycles. The lowest BCUT2D eigenvalue weighted by atomic mass is 10.2. The molecular weight excluding hydrogens is 224 g/mol. The highest BCUT2D eigenvalue weighted by molar-refractivity contribution is 5.87. The van der Waals surface area contributed by atoms with Crippen LogP contribution in [0.1, 0.15) is 0 Å². The fourth-order valence-corrected chi connectivity index (χ4v) is 2.18. The number of nitrogen functional groups attached to an aromatic ring is 1. The predicted octanol–water partition coefficient (Wildman–Crippen LogP) is 3.22. The van der Waals surface area contributed by atoms with Gasteiger partial charge in [0.2, 0.25) is 0 Å². The number of fused-ring (bicyclic) bond motifs is 1. The molecule has 3 rings (SSSR count). The van der Waals surface area contributed by atoms with Gasteiger partial charge in [-0.3, -0.25) is 0 Å². The predicted molar refractivity (Wildman–Crippen MR) is 74.2 cm³/mol. The SMILES string of the molecule is COc1cccc2c1ccn2-c1ccc(N)cc1. The normalized spacial score (nSPS) is 10.7. The molecule has 0 aliphatic carbocycles. The Kier molecular flexibility index (Phi) is 2.45. The van der Waals surface area contributed by atoms with Crippen LogP contribution in [0.25, 0.3) is 16.6 Å². The highest BCUT2D eigenvalue weighted by Crippen LogP contribution is 2.28. The first-order valence-corrected chi connectivity index (χ1v) is 5.79. The van der Waals surface area contributed by atoms with E-state index in [-0.39, 0.29) is 0 Å². The third kappa shape index (κ3) is 1.61. The number of aromatic nitrogens is 1. The molecule has 2 aromatic carbocycles. The zero-order valence-corrected chi connectivity index (χ0v) is 10.1. The lowest BCUT2D eigenvalue weighted by Gasteiger charge is -2.07. The van der Waals surface area contributed by atoms with Crippen LogP contribution in [0.3, 0.4) is 0 Å². The van der Waals surface area contributed by atoms with E-state index >= 15 is 0 Å². The van der Waals surface area contributed by atoms with Crippen LogP contribution in [0.15, 0.2) is 54.7 Å². The lowest BCUT2D eigenvalue weighted by molar-refractivity contribution is 0.420. The van der Waals surface area contributed by atoms with Crippen LogP contribution in [0, 0.1) is 0 Å². The van der Waals surface area contributed by atoms with Crippen LogP contribution in [0.2, 0.25) is 0 Å². The molecule has 18 heavy (non-hydrogen) atoms. The average Bonchev–Trinajstić information content (AvgIpc) is 2.83. The van der Waals surface area contributed by atoms with Gasteiger partial charge in [-0.15, -0.1) is 0 Å². The van der Waals surface area contributed by atoms with Gasteiger partial charge in [-0.25, -0.2) is 0 Å². The van der Waals surface area contributed by atoms with Gasteiger partial charge in [-0.1, -0.05) is 6.07 Å². The van der Waals surface area contributed by atoms with Gasteiger partial charge in [0.05, 0.1) is 12.6 Å². The fraction of sp³-hybridized carbons (Fsp3) is 0.0667. The molecule has 90 valence electrons. The summed E-state index contributed by atoms with van der Waals surface area (Å²) in [6.45, 7) is 0. The van der Waals surface area contributed by atoms with Crippen molar-refractivity contribution >= 4 is 16.6 Å². The first kappa shape index (κ1) is 10.7. The quantitative estimate of drug-likeness (QED) is 0.696. The Bertz CT molecular complexity index is 683. The van der Waals surface area contributed by atoms with Crippen LogP contribution in [0.5, 0.6) is 5.75 Å². The van der Waals surface area contributed by atoms with E-state index in [0.717, 1.165) is 28.0 Å². The van der Waals surface area contributed by atoms with Gasteiger partial charge < -0.3 is 15.0 Å². The van der Waals surface area contributed by atoms with Crippen molar-refractivity contribution in [1.82, 2.24) is 4.57 Å². The minimum absolute atomic E-state index is 0.771. The molecule has 0 radical (unpaired) electrons. The molecule has 0 spiro atoms. The number of hydrogen-bond donors (Lipinski definition) is 1. The van der Waals surface area contributed by atoms with Crippen molar-refractivity contribution in [3.8, 4) is 11.4 Å². The van der Waals surface area contributed by atoms with Crippen molar-refractivity contribution < 1.29 is 4.74 Å². The Labute approximate surface area is 105 Å². The number of benzene rings is 2. The highest BCUT2D eigenvalue weighted by atomic mass is 16.5. The topological polar surface area (TPSA) is 40.2 Å². The Balaban J connectivity index is 2.21. The molecule has 0 aliphatic rings. The number of rotatable bonds is 2. The molecule has 1 heterocycles. The van der Waals surface area contributed by atoms with Gasteiger partial charge in [0.25, 0.3) is 0 Å². The zero-order chi connectivity index (χ0) is 12.5. The summed E-state index contributed by atoms with van der Waals surface area (Å²) in [5.74, 6) is 0.890. The molecule has 0 amide bonds. The summed E-state index contributed by atoms with van der Waals surface area (Å²) in [5.41, 5.74) is 8.69. The maximum Gasteiger partial charge on any atom is 0.128 e. The van der Waals surface area contributed by atoms with E-state index in [0.29, 0.717) is 0 Å². The molecule has 1 aromatic heterocycles. The van der Waals surface area contributed by atoms with Crippen LogP contribution < -0.4 is 10.5 Å². The Morgan fingerprint density at radius 1 is 1.00 bits per heavy atom. The third-order valence-corrected chi connectivity index (χ3v) is 3.08. The Hall–Kier alpha value is -2.42. The van der Waals surface area contributed by atoms with E-state index in [1.54, 1.807) is 7.11 Å². The van der Waals surface area contributed by atoms with Crippen molar-refractivity contribution in [2.45, 2.75) is 0 Å². The third-order valence-electron chi connectivity index (χ3n) is 3.08. The zero-order valence-electron chi connectivity index (χ0n) is 10.1. The van der Waals surface area contributed by atoms with Gasteiger partial charge >= 0.3 is 0 Å². The first-order chi connectivity index (χ1) is 8.79. The van der Waals surface area contributed by atoms with E-state index < -0.39 is 0 Å². The summed E-state index contributed by atoms with van der Waals surface area (Å²) in [6.07, 6.45) is 2.04. The Morgan fingerprint density at radius 2 is 1.78 bits per heavy atom. The number of nitrogens with zero attached hydrogens (tertiary/aromatic N) is 1. The molecule has 0 aliphatic heterocycles. The van der Waals surface area contributed by atoms with Crippen LogP contribution in [-0.4, -0.2) is 11.7 Å². The standard InChI is InChI=1S/C15H14N2O/c1-18-15-4-2-3-14-13(15)9-10-17(14)12-7-5-11(16)6-8-12/h2-10H,16H2,1H3. The number of hydrogen-bond acceptors (Lipinski definition) is 2. The molecule has 3 nitrogen and oxygen atoms in total. The maximum atomic E-state index is 5.71. The van der Waals surface area contributed by atoms with Crippen molar-refractivity contribution in [2.24, 2.45) is 0 Å². The highest BCUT2D eigenvalue weighted by Gasteiger charge is 2.06. The first-order valence-electron chi connectivity index (χ1n) is 5.79. The number of nitrogens with two attached hydrogens (primary N) is 1. The molecule has 0 fully saturated rings. The van der Waals surface area contributed by atoms with E-state index in [1.165, 1.54) is 0 Å². The van der Waals surface area contributed by atoms with E-state index in [2.05, 4.69) is 16.7 Å². The lowest BCUT2D eigenvalue weighted by Crippen LogP contribution is -1.93. The van der Waals surface area contributed by atoms with Crippen molar-refractivity contribution in [3.63, 3.8) is 0 Å². The summed E-state index contributed by atoms with van der Waals surface area (Å²) in [7, 11) is 1.69. The van der Waals surface area contributed by atoms with Crippen LogP contribution in [-0.2, 0) is 0 Å². The summed E-state index contributed by atoms with van der Waals surface area (Å²) in [5, 5.41) is 1.11. The second kappa shape index (κ2) is 4.11. The van der Waals surface area contributed by atoms with Crippen molar-refractivity contribution in [3.05, 3.63) is 54.7 Å². The summed E-state index contributed by atoms with van der Waals surface area (Å²) < 4.78 is 7.48. The fourth-order valence-electron chi connectivity index (χ4n) is 2.18. The van der Waals surface area contributed by atoms with Gasteiger partial charge in [-0.05, 0) is 42.5 Å². The molecule has 3 heteroatoms. The summed E-state index contributed by atoms with van der Waals surface area (Å²) in [4.78, 5) is 0. The van der Waals surface area contributed by atoms with Gasteiger partial charge in [0.1, 0.15) is 5.75 Å². The number of methoxy groups -OCH3 is 1. The molecule has 0 atom stereocenters. The molecule has 0 bridgehead atoms. The molecular formula is C15H14N2O. The van der Waals surface area contributed by atoms with Gasteiger partial charge in [0.15, 0.2) is 0 Å². The number of anilines is 1. The average molecular weight is 238 g/mol. The smallest absolute Gasteiger partial charge is 0.128 e. The van der Waals surface area contributed by atoms with Crippen molar-refractivity contribution in [1.29, 1.82) is 0 Å². The molecule has 2 N–H and O–H groups in total. The van der Waals surface area contributed by atoms with Gasteiger partial charge in [-0.2, -0.15) is 0 Å². The second-order valence-electron chi connectivity index (χ2n) is 4.17. The minimum atomic E-state index is 0.771. The van der Waals surface area contributed by atoms with E-state index in [1.807, 2.05) is 42.6 Å². The largest absolute Gasteiger partial charge is 0.496 e. The molecule has 0 unspecified atom stereocenters. The number of ether oxygens (including phenoxy) is 1. The summed E-state index contributed by atoms with van der Waals surface area (Å²) in [6, 6.07) is 15.9. The van der Waals surface area contributed by atoms with E-state index in [4.69, 9.17) is 10.5 Å². The van der Waals surface area contributed by atoms with Gasteiger partial charge in [0, 0.05) is 23.0 Å².